The Hall–Kier alpha value is -1.54. The summed E-state index contributed by atoms with van der Waals surface area (Å²) in [5.41, 5.74) is 0.955. The van der Waals surface area contributed by atoms with Crippen LogP contribution in [0.2, 0.25) is 0 Å². The van der Waals surface area contributed by atoms with E-state index in [0.717, 1.165) is 28.9 Å². The van der Waals surface area contributed by atoms with Gasteiger partial charge in [-0.05, 0) is 18.9 Å². The summed E-state index contributed by atoms with van der Waals surface area (Å²) in [6.45, 7) is 2.66. The molecule has 1 aliphatic carbocycles. The molecule has 6 nitrogen and oxygen atoms in total. The second-order valence-corrected chi connectivity index (χ2v) is 7.97. The first-order chi connectivity index (χ1) is 12.8. The Morgan fingerprint density at radius 2 is 2.27 bits per heavy atom. The third-order valence-corrected chi connectivity index (χ3v) is 6.50. The predicted molar refractivity (Wildman–Crippen MR) is 102 cm³/mol. The molecule has 4 rings (SSSR count). The monoisotopic (exact) mass is 375 g/mol. The van der Waals surface area contributed by atoms with Crippen molar-refractivity contribution in [3.63, 3.8) is 0 Å². The highest BCUT2D eigenvalue weighted by Crippen LogP contribution is 2.38. The molecule has 1 atom stereocenters. The van der Waals surface area contributed by atoms with Crippen molar-refractivity contribution in [3.8, 4) is 0 Å². The lowest BCUT2D eigenvalue weighted by Gasteiger charge is -2.37. The molecule has 26 heavy (non-hydrogen) atoms. The average molecular weight is 375 g/mol. The number of carbonyl (C=O) groups excluding carboxylic acids is 1. The average Bonchev–Trinajstić information content (AvgIpc) is 3.34. The number of hydrogen-bond donors (Lipinski definition) is 2. The van der Waals surface area contributed by atoms with Crippen molar-refractivity contribution in [3.05, 3.63) is 28.8 Å². The van der Waals surface area contributed by atoms with Crippen molar-refractivity contribution in [2.24, 2.45) is 0 Å². The molecule has 1 amide bonds. The highest BCUT2D eigenvalue weighted by Gasteiger charge is 2.33. The van der Waals surface area contributed by atoms with Crippen molar-refractivity contribution >= 4 is 27.5 Å². The Kier molecular flexibility index (Phi) is 5.49. The molecule has 1 aliphatic heterocycles. The minimum Gasteiger partial charge on any atom is -0.395 e. The molecule has 0 spiro atoms. The molecule has 2 N–H and O–H groups in total. The van der Waals surface area contributed by atoms with Crippen LogP contribution in [0.25, 0.3) is 10.2 Å². The minimum atomic E-state index is -0.154. The maximum absolute atomic E-state index is 12.7. The van der Waals surface area contributed by atoms with Crippen LogP contribution in [0.1, 0.15) is 47.0 Å². The molecule has 0 bridgehead atoms. The summed E-state index contributed by atoms with van der Waals surface area (Å²) < 4.78 is 6.12. The Bertz CT molecular complexity index is 772. The molecule has 2 aliphatic rings. The van der Waals surface area contributed by atoms with Gasteiger partial charge in [0.2, 0.25) is 0 Å². The molecular weight excluding hydrogens is 350 g/mol. The SMILES string of the molecule is O=C(NCCO)c1sc2ncccc2c1C1CN(C2CCCC2)CCO1. The zero-order chi connectivity index (χ0) is 17.9. The van der Waals surface area contributed by atoms with Gasteiger partial charge in [0.1, 0.15) is 9.71 Å². The molecule has 140 valence electrons. The van der Waals surface area contributed by atoms with Crippen LogP contribution < -0.4 is 5.32 Å². The van der Waals surface area contributed by atoms with E-state index >= 15 is 0 Å². The van der Waals surface area contributed by atoms with Crippen LogP contribution in [0.4, 0.5) is 0 Å². The van der Waals surface area contributed by atoms with E-state index < -0.39 is 0 Å². The summed E-state index contributed by atoms with van der Waals surface area (Å²) in [5.74, 6) is -0.154. The molecule has 2 fully saturated rings. The van der Waals surface area contributed by atoms with Crippen LogP contribution in [0, 0.1) is 0 Å². The van der Waals surface area contributed by atoms with Gasteiger partial charge in [-0.25, -0.2) is 4.98 Å². The lowest BCUT2D eigenvalue weighted by molar-refractivity contribution is -0.0434. The van der Waals surface area contributed by atoms with Gasteiger partial charge in [0.05, 0.1) is 19.3 Å². The number of amides is 1. The maximum atomic E-state index is 12.7. The first kappa shape index (κ1) is 17.9. The van der Waals surface area contributed by atoms with Crippen molar-refractivity contribution in [1.29, 1.82) is 0 Å². The van der Waals surface area contributed by atoms with Gasteiger partial charge in [0, 0.05) is 42.8 Å². The first-order valence-corrected chi connectivity index (χ1v) is 10.2. The van der Waals surface area contributed by atoms with E-state index in [0.29, 0.717) is 17.5 Å². The largest absolute Gasteiger partial charge is 0.395 e. The summed E-state index contributed by atoms with van der Waals surface area (Å²) in [7, 11) is 0. The van der Waals surface area contributed by atoms with E-state index in [1.807, 2.05) is 12.1 Å². The standard InChI is InChI=1S/C19H25N3O3S/c23-10-8-20-18(24)17-16(14-6-3-7-21-19(14)26-17)15-12-22(9-11-25-15)13-4-1-2-5-13/h3,6-7,13,15,23H,1-2,4-5,8-12H2,(H,20,24). The van der Waals surface area contributed by atoms with Crippen molar-refractivity contribution in [1.82, 2.24) is 15.2 Å². The first-order valence-electron chi connectivity index (χ1n) is 9.40. The number of carbonyl (C=O) groups is 1. The lowest BCUT2D eigenvalue weighted by Crippen LogP contribution is -2.44. The van der Waals surface area contributed by atoms with Gasteiger partial charge in [-0.2, -0.15) is 0 Å². The molecular formula is C19H25N3O3S. The smallest absolute Gasteiger partial charge is 0.261 e. The Balaban J connectivity index is 1.66. The van der Waals surface area contributed by atoms with Crippen molar-refractivity contribution < 1.29 is 14.6 Å². The molecule has 7 heteroatoms. The van der Waals surface area contributed by atoms with Gasteiger partial charge in [-0.15, -0.1) is 11.3 Å². The van der Waals surface area contributed by atoms with Gasteiger partial charge in [0.15, 0.2) is 0 Å². The third-order valence-electron chi connectivity index (χ3n) is 5.37. The van der Waals surface area contributed by atoms with Gasteiger partial charge in [-0.1, -0.05) is 18.9 Å². The van der Waals surface area contributed by atoms with Crippen LogP contribution in [-0.2, 0) is 4.74 Å². The third kappa shape index (κ3) is 3.49. The van der Waals surface area contributed by atoms with Crippen LogP contribution in [0.3, 0.4) is 0 Å². The molecule has 0 aromatic carbocycles. The van der Waals surface area contributed by atoms with Crippen LogP contribution in [-0.4, -0.2) is 59.8 Å². The fourth-order valence-electron chi connectivity index (χ4n) is 4.13. The molecule has 0 radical (unpaired) electrons. The summed E-state index contributed by atoms with van der Waals surface area (Å²) >= 11 is 1.41. The number of rotatable bonds is 5. The Morgan fingerprint density at radius 3 is 3.08 bits per heavy atom. The Labute approximate surface area is 157 Å². The Morgan fingerprint density at radius 1 is 1.42 bits per heavy atom. The lowest BCUT2D eigenvalue weighted by atomic mass is 10.0. The summed E-state index contributed by atoms with van der Waals surface area (Å²) in [4.78, 5) is 21.2. The second kappa shape index (κ2) is 8.00. The summed E-state index contributed by atoms with van der Waals surface area (Å²) in [6.07, 6.45) is 6.80. The van der Waals surface area contributed by atoms with E-state index in [9.17, 15) is 4.79 Å². The van der Waals surface area contributed by atoms with Crippen LogP contribution >= 0.6 is 11.3 Å². The predicted octanol–water partition coefficient (Wildman–Crippen LogP) is 2.33. The maximum Gasteiger partial charge on any atom is 0.261 e. The van der Waals surface area contributed by atoms with E-state index in [2.05, 4.69) is 15.2 Å². The zero-order valence-corrected chi connectivity index (χ0v) is 15.6. The van der Waals surface area contributed by atoms with E-state index in [-0.39, 0.29) is 25.2 Å². The van der Waals surface area contributed by atoms with Crippen molar-refractivity contribution in [2.45, 2.75) is 37.8 Å². The number of fused-ring (bicyclic) bond motifs is 1. The fraction of sp³-hybridized carbons (Fsp3) is 0.579. The van der Waals surface area contributed by atoms with Gasteiger partial charge < -0.3 is 15.2 Å². The van der Waals surface area contributed by atoms with E-state index in [1.165, 1.54) is 37.0 Å². The number of aromatic nitrogens is 1. The molecule has 2 aromatic rings. The van der Waals surface area contributed by atoms with Crippen LogP contribution in [0.15, 0.2) is 18.3 Å². The highest BCUT2D eigenvalue weighted by atomic mass is 32.1. The highest BCUT2D eigenvalue weighted by molar-refractivity contribution is 7.20. The van der Waals surface area contributed by atoms with Gasteiger partial charge >= 0.3 is 0 Å². The topological polar surface area (TPSA) is 74.7 Å². The number of pyridine rings is 1. The van der Waals surface area contributed by atoms with Crippen molar-refractivity contribution in [2.75, 3.05) is 32.8 Å². The fourth-order valence-corrected chi connectivity index (χ4v) is 5.25. The second-order valence-electron chi connectivity index (χ2n) is 6.97. The number of nitrogens with zero attached hydrogens (tertiary/aromatic N) is 2. The normalized spacial score (nSPS) is 22.1. The molecule has 1 saturated carbocycles. The number of aliphatic hydroxyl groups is 1. The number of hydrogen-bond acceptors (Lipinski definition) is 6. The molecule has 1 saturated heterocycles. The molecule has 3 heterocycles. The molecule has 1 unspecified atom stereocenters. The summed E-state index contributed by atoms with van der Waals surface area (Å²) in [6, 6.07) is 4.58. The van der Waals surface area contributed by atoms with E-state index in [4.69, 9.17) is 9.84 Å². The summed E-state index contributed by atoms with van der Waals surface area (Å²) in [5, 5.41) is 12.8. The zero-order valence-electron chi connectivity index (χ0n) is 14.8. The minimum absolute atomic E-state index is 0.0698. The number of thiophene rings is 1. The number of aliphatic hydroxyl groups excluding tert-OH is 1. The number of nitrogens with one attached hydrogen (secondary N) is 1. The number of ether oxygens (including phenoxy) is 1. The van der Waals surface area contributed by atoms with E-state index in [1.54, 1.807) is 6.20 Å². The van der Waals surface area contributed by atoms with Crippen LogP contribution in [0.5, 0.6) is 0 Å². The van der Waals surface area contributed by atoms with Gasteiger partial charge in [-0.3, -0.25) is 9.69 Å². The number of morpholine rings is 1. The van der Waals surface area contributed by atoms with Gasteiger partial charge in [0.25, 0.3) is 5.91 Å². The molecule has 2 aromatic heterocycles. The quantitative estimate of drug-likeness (QED) is 0.839.